The highest BCUT2D eigenvalue weighted by atomic mass is 32.2. The van der Waals surface area contributed by atoms with Crippen molar-refractivity contribution in [3.8, 4) is 5.75 Å². The van der Waals surface area contributed by atoms with E-state index in [0.717, 1.165) is 6.26 Å². The van der Waals surface area contributed by atoms with E-state index in [9.17, 15) is 13.2 Å². The van der Waals surface area contributed by atoms with E-state index in [-0.39, 0.29) is 11.7 Å². The second-order valence-corrected chi connectivity index (χ2v) is 6.10. The summed E-state index contributed by atoms with van der Waals surface area (Å²) in [7, 11) is -3.54. The lowest BCUT2D eigenvalue weighted by Gasteiger charge is -2.31. The lowest BCUT2D eigenvalue weighted by Crippen LogP contribution is -2.43. The van der Waals surface area contributed by atoms with Gasteiger partial charge in [0.1, 0.15) is 5.75 Å². The van der Waals surface area contributed by atoms with Crippen LogP contribution >= 0.6 is 0 Å². The van der Waals surface area contributed by atoms with Gasteiger partial charge in [-0.2, -0.15) is 8.42 Å². The zero-order valence-electron chi connectivity index (χ0n) is 11.4. The highest BCUT2D eigenvalue weighted by Crippen LogP contribution is 2.25. The van der Waals surface area contributed by atoms with Crippen LogP contribution in [0.25, 0.3) is 0 Å². The zero-order valence-corrected chi connectivity index (χ0v) is 12.2. The number of amides is 1. The van der Waals surface area contributed by atoms with Gasteiger partial charge in [-0.15, -0.1) is 0 Å². The van der Waals surface area contributed by atoms with Crippen LogP contribution in [-0.2, 0) is 19.6 Å². The highest BCUT2D eigenvalue weighted by molar-refractivity contribution is 7.86. The minimum absolute atomic E-state index is 0.0736. The van der Waals surface area contributed by atoms with Gasteiger partial charge in [-0.1, -0.05) is 12.1 Å². The van der Waals surface area contributed by atoms with E-state index in [1.54, 1.807) is 17.0 Å². The molecule has 110 valence electrons. The summed E-state index contributed by atoms with van der Waals surface area (Å²) in [5.41, 5.74) is 0.689. The van der Waals surface area contributed by atoms with Crippen LogP contribution < -0.4 is 4.18 Å². The van der Waals surface area contributed by atoms with Gasteiger partial charge in [-0.05, 0) is 24.6 Å². The maximum atomic E-state index is 12.1. The zero-order chi connectivity index (χ0) is 14.8. The number of rotatable bonds is 4. The van der Waals surface area contributed by atoms with Crippen LogP contribution in [-0.4, -0.2) is 45.2 Å². The van der Waals surface area contributed by atoms with Crippen LogP contribution in [0.15, 0.2) is 24.3 Å². The molecule has 1 aromatic carbocycles. The summed E-state index contributed by atoms with van der Waals surface area (Å²) >= 11 is 0. The minimum atomic E-state index is -3.54. The van der Waals surface area contributed by atoms with Gasteiger partial charge >= 0.3 is 10.1 Å². The smallest absolute Gasteiger partial charge is 0.306 e. The fourth-order valence-electron chi connectivity index (χ4n) is 2.05. The Morgan fingerprint density at radius 2 is 2.00 bits per heavy atom. The Labute approximate surface area is 118 Å². The van der Waals surface area contributed by atoms with Crippen molar-refractivity contribution >= 4 is 16.0 Å². The molecule has 2 rings (SSSR count). The molecule has 1 aromatic rings. The fourth-order valence-corrected chi connectivity index (χ4v) is 2.51. The number of benzene rings is 1. The molecule has 0 N–H and O–H groups in total. The molecule has 0 radical (unpaired) electrons. The quantitative estimate of drug-likeness (QED) is 0.774. The molecule has 0 aromatic heterocycles. The monoisotopic (exact) mass is 299 g/mol. The maximum absolute atomic E-state index is 12.1. The first-order valence-corrected chi connectivity index (χ1v) is 8.12. The number of morpholine rings is 1. The number of ether oxygens (including phenoxy) is 1. The SMILES string of the molecule is CCN1CCOC(c2ccc(OS(C)(=O)=O)cc2)C1=O. The van der Waals surface area contributed by atoms with Crippen LogP contribution in [0.5, 0.6) is 5.75 Å². The molecule has 0 aliphatic carbocycles. The maximum Gasteiger partial charge on any atom is 0.306 e. The van der Waals surface area contributed by atoms with Crippen LogP contribution in [0.4, 0.5) is 0 Å². The number of likely N-dealkylation sites (N-methyl/N-ethyl adjacent to an activating group) is 1. The van der Waals surface area contributed by atoms with Crippen molar-refractivity contribution in [1.82, 2.24) is 4.90 Å². The molecule has 0 bridgehead atoms. The van der Waals surface area contributed by atoms with Crippen molar-refractivity contribution < 1.29 is 22.1 Å². The van der Waals surface area contributed by atoms with Crippen molar-refractivity contribution in [2.45, 2.75) is 13.0 Å². The summed E-state index contributed by atoms with van der Waals surface area (Å²) in [4.78, 5) is 13.9. The first-order chi connectivity index (χ1) is 9.40. The Morgan fingerprint density at radius 1 is 1.35 bits per heavy atom. The molecule has 1 aliphatic heterocycles. The average molecular weight is 299 g/mol. The van der Waals surface area contributed by atoms with Crippen LogP contribution in [0.3, 0.4) is 0 Å². The molecule has 1 atom stereocenters. The fraction of sp³-hybridized carbons (Fsp3) is 0.462. The Morgan fingerprint density at radius 3 is 2.55 bits per heavy atom. The Hall–Kier alpha value is -1.60. The van der Waals surface area contributed by atoms with Gasteiger partial charge in [0, 0.05) is 13.1 Å². The van der Waals surface area contributed by atoms with E-state index in [1.807, 2.05) is 6.92 Å². The first-order valence-electron chi connectivity index (χ1n) is 6.30. The third-order valence-electron chi connectivity index (χ3n) is 2.99. The summed E-state index contributed by atoms with van der Waals surface area (Å²) < 4.78 is 32.3. The van der Waals surface area contributed by atoms with Crippen LogP contribution in [0, 0.1) is 0 Å². The number of carbonyl (C=O) groups is 1. The molecule has 7 heteroatoms. The molecule has 1 heterocycles. The molecule has 1 amide bonds. The number of nitrogens with zero attached hydrogens (tertiary/aromatic N) is 1. The van der Waals surface area contributed by atoms with Crippen molar-refractivity contribution in [2.75, 3.05) is 26.0 Å². The molecule has 1 unspecified atom stereocenters. The third-order valence-corrected chi connectivity index (χ3v) is 3.49. The van der Waals surface area contributed by atoms with Crippen LogP contribution in [0.2, 0.25) is 0 Å². The molecule has 20 heavy (non-hydrogen) atoms. The first kappa shape index (κ1) is 14.8. The topological polar surface area (TPSA) is 72.9 Å². The van der Waals surface area contributed by atoms with E-state index >= 15 is 0 Å². The summed E-state index contributed by atoms with van der Waals surface area (Å²) in [6.07, 6.45) is 0.351. The molecule has 0 spiro atoms. The van der Waals surface area contributed by atoms with Crippen molar-refractivity contribution in [1.29, 1.82) is 0 Å². The largest absolute Gasteiger partial charge is 0.383 e. The van der Waals surface area contributed by atoms with E-state index in [2.05, 4.69) is 0 Å². The van der Waals surface area contributed by atoms with E-state index in [4.69, 9.17) is 8.92 Å². The van der Waals surface area contributed by atoms with Gasteiger partial charge in [-0.25, -0.2) is 0 Å². The normalized spacial score (nSPS) is 20.0. The molecule has 0 saturated carbocycles. The molecule has 6 nitrogen and oxygen atoms in total. The highest BCUT2D eigenvalue weighted by Gasteiger charge is 2.29. The van der Waals surface area contributed by atoms with Gasteiger partial charge in [0.2, 0.25) is 0 Å². The average Bonchev–Trinajstić information content (AvgIpc) is 2.38. The van der Waals surface area contributed by atoms with Gasteiger partial charge < -0.3 is 13.8 Å². The lowest BCUT2D eigenvalue weighted by molar-refractivity contribution is -0.153. The Balaban J connectivity index is 2.15. The van der Waals surface area contributed by atoms with Crippen molar-refractivity contribution in [2.24, 2.45) is 0 Å². The minimum Gasteiger partial charge on any atom is -0.383 e. The van der Waals surface area contributed by atoms with E-state index in [1.165, 1.54) is 12.1 Å². The second kappa shape index (κ2) is 5.80. The van der Waals surface area contributed by atoms with Crippen LogP contribution in [0.1, 0.15) is 18.6 Å². The second-order valence-electron chi connectivity index (χ2n) is 4.53. The standard InChI is InChI=1S/C13H17NO5S/c1-3-14-8-9-18-12(13(14)15)10-4-6-11(7-5-10)19-20(2,16)17/h4-7,12H,3,8-9H2,1-2H3. The Kier molecular flexibility index (Phi) is 4.29. The van der Waals surface area contributed by atoms with Crippen molar-refractivity contribution in [3.63, 3.8) is 0 Å². The van der Waals surface area contributed by atoms with E-state index < -0.39 is 16.2 Å². The molecule has 1 saturated heterocycles. The molecular formula is C13H17NO5S. The molecule has 1 aliphatic rings. The third kappa shape index (κ3) is 3.49. The summed E-state index contributed by atoms with van der Waals surface area (Å²) in [6, 6.07) is 6.31. The van der Waals surface area contributed by atoms with Gasteiger partial charge in [0.15, 0.2) is 6.10 Å². The predicted molar refractivity (Wildman–Crippen MR) is 72.9 cm³/mol. The summed E-state index contributed by atoms with van der Waals surface area (Å²) in [5.74, 6) is 0.141. The predicted octanol–water partition coefficient (Wildman–Crippen LogP) is 0.945. The number of hydrogen-bond donors (Lipinski definition) is 0. The Bertz CT molecular complexity index is 581. The van der Waals surface area contributed by atoms with Gasteiger partial charge in [0.05, 0.1) is 12.9 Å². The summed E-state index contributed by atoms with van der Waals surface area (Å²) in [6.45, 7) is 3.66. The van der Waals surface area contributed by atoms with E-state index in [0.29, 0.717) is 25.3 Å². The lowest BCUT2D eigenvalue weighted by atomic mass is 10.1. The number of hydrogen-bond acceptors (Lipinski definition) is 5. The number of carbonyl (C=O) groups excluding carboxylic acids is 1. The van der Waals surface area contributed by atoms with Crippen molar-refractivity contribution in [3.05, 3.63) is 29.8 Å². The van der Waals surface area contributed by atoms with Gasteiger partial charge in [-0.3, -0.25) is 4.79 Å². The molecular weight excluding hydrogens is 282 g/mol. The molecule has 1 fully saturated rings. The van der Waals surface area contributed by atoms with Gasteiger partial charge in [0.25, 0.3) is 5.91 Å². The summed E-state index contributed by atoms with van der Waals surface area (Å²) in [5, 5.41) is 0.